The van der Waals surface area contributed by atoms with E-state index in [0.717, 1.165) is 5.56 Å². The zero-order valence-electron chi connectivity index (χ0n) is 14.8. The molecule has 138 valence electrons. The topological polar surface area (TPSA) is 99.9 Å². The van der Waals surface area contributed by atoms with Crippen molar-refractivity contribution < 1.29 is 23.9 Å². The molecule has 0 saturated heterocycles. The van der Waals surface area contributed by atoms with Crippen LogP contribution >= 0.6 is 0 Å². The average molecular weight is 360 g/mol. The summed E-state index contributed by atoms with van der Waals surface area (Å²) in [6, 6.07) is 9.67. The van der Waals surface area contributed by atoms with Crippen LogP contribution in [0.3, 0.4) is 0 Å². The Bertz CT molecular complexity index is 806. The smallest absolute Gasteiger partial charge is 0.286 e. The maximum absolute atomic E-state index is 12.5. The highest BCUT2D eigenvalue weighted by Gasteiger charge is 2.24. The number of carbonyl (C=O) groups is 1. The molecule has 2 aromatic carbocycles. The molecule has 0 spiro atoms. The van der Waals surface area contributed by atoms with E-state index in [0.29, 0.717) is 12.4 Å². The van der Waals surface area contributed by atoms with E-state index in [-0.39, 0.29) is 29.3 Å². The van der Waals surface area contributed by atoms with Gasteiger partial charge in [-0.15, -0.1) is 0 Å². The van der Waals surface area contributed by atoms with Crippen molar-refractivity contribution in [1.29, 1.82) is 0 Å². The molecule has 0 aliphatic rings. The second-order valence-corrected chi connectivity index (χ2v) is 5.24. The minimum absolute atomic E-state index is 0.0989. The Morgan fingerprint density at radius 2 is 1.92 bits per heavy atom. The van der Waals surface area contributed by atoms with Gasteiger partial charge >= 0.3 is 0 Å². The van der Waals surface area contributed by atoms with Crippen molar-refractivity contribution in [2.45, 2.75) is 13.5 Å². The summed E-state index contributed by atoms with van der Waals surface area (Å²) in [6.45, 7) is 2.26. The summed E-state index contributed by atoms with van der Waals surface area (Å²) in [5.74, 6) is 0.543. The quantitative estimate of drug-likeness (QED) is 0.574. The predicted molar refractivity (Wildman–Crippen MR) is 95.0 cm³/mol. The van der Waals surface area contributed by atoms with E-state index < -0.39 is 10.8 Å². The van der Waals surface area contributed by atoms with Crippen LogP contribution in [-0.4, -0.2) is 31.7 Å². The molecule has 0 aliphatic heterocycles. The zero-order valence-corrected chi connectivity index (χ0v) is 14.8. The Morgan fingerprint density at radius 3 is 2.54 bits per heavy atom. The fourth-order valence-electron chi connectivity index (χ4n) is 2.37. The van der Waals surface area contributed by atoms with Gasteiger partial charge in [0.05, 0.1) is 31.8 Å². The van der Waals surface area contributed by atoms with E-state index in [1.807, 2.05) is 6.07 Å². The van der Waals surface area contributed by atoms with Gasteiger partial charge in [-0.2, -0.15) is 0 Å². The SMILES string of the molecule is CCOc1cc([N+](=O)[O-])c(C(=O)NCc2cccc(OC)c2)cc1OC. The molecule has 0 atom stereocenters. The molecule has 0 aromatic heterocycles. The van der Waals surface area contributed by atoms with Gasteiger partial charge in [-0.05, 0) is 24.6 Å². The minimum atomic E-state index is -0.623. The maximum atomic E-state index is 12.5. The molecule has 8 heteroatoms. The number of hydrogen-bond acceptors (Lipinski definition) is 6. The first-order chi connectivity index (χ1) is 12.5. The molecule has 1 N–H and O–H groups in total. The van der Waals surface area contributed by atoms with E-state index in [2.05, 4.69) is 5.32 Å². The lowest BCUT2D eigenvalue weighted by molar-refractivity contribution is -0.385. The van der Waals surface area contributed by atoms with Crippen molar-refractivity contribution in [3.63, 3.8) is 0 Å². The lowest BCUT2D eigenvalue weighted by Crippen LogP contribution is -2.24. The first kappa shape index (κ1) is 19.0. The van der Waals surface area contributed by atoms with Crippen molar-refractivity contribution in [3.8, 4) is 17.2 Å². The molecular weight excluding hydrogens is 340 g/mol. The van der Waals surface area contributed by atoms with Crippen LogP contribution in [0.5, 0.6) is 17.2 Å². The number of amides is 1. The summed E-state index contributed by atoms with van der Waals surface area (Å²) in [4.78, 5) is 23.2. The van der Waals surface area contributed by atoms with Crippen LogP contribution < -0.4 is 19.5 Å². The van der Waals surface area contributed by atoms with Gasteiger partial charge in [-0.3, -0.25) is 14.9 Å². The third kappa shape index (κ3) is 4.41. The van der Waals surface area contributed by atoms with Crippen LogP contribution in [0.2, 0.25) is 0 Å². The van der Waals surface area contributed by atoms with Crippen molar-refractivity contribution in [1.82, 2.24) is 5.32 Å². The van der Waals surface area contributed by atoms with Gasteiger partial charge in [0.2, 0.25) is 0 Å². The van der Waals surface area contributed by atoms with Crippen LogP contribution in [0.25, 0.3) is 0 Å². The number of nitro benzene ring substituents is 1. The Kier molecular flexibility index (Phi) is 6.37. The minimum Gasteiger partial charge on any atom is -0.497 e. The average Bonchev–Trinajstić information content (AvgIpc) is 2.66. The number of benzene rings is 2. The number of ether oxygens (including phenoxy) is 3. The van der Waals surface area contributed by atoms with Gasteiger partial charge in [0.15, 0.2) is 11.5 Å². The molecule has 0 fully saturated rings. The van der Waals surface area contributed by atoms with E-state index in [1.165, 1.54) is 19.2 Å². The summed E-state index contributed by atoms with van der Waals surface area (Å²) in [5.41, 5.74) is 0.355. The number of nitrogens with zero attached hydrogens (tertiary/aromatic N) is 1. The number of nitro groups is 1. The van der Waals surface area contributed by atoms with Crippen molar-refractivity contribution >= 4 is 11.6 Å². The molecule has 0 radical (unpaired) electrons. The molecule has 1 amide bonds. The number of nitrogens with one attached hydrogen (secondary N) is 1. The first-order valence-electron chi connectivity index (χ1n) is 7.90. The molecule has 2 rings (SSSR count). The second kappa shape index (κ2) is 8.70. The number of rotatable bonds is 8. The molecule has 8 nitrogen and oxygen atoms in total. The maximum Gasteiger partial charge on any atom is 0.286 e. The number of methoxy groups -OCH3 is 2. The third-order valence-corrected chi connectivity index (χ3v) is 3.61. The van der Waals surface area contributed by atoms with Crippen LogP contribution in [-0.2, 0) is 6.54 Å². The van der Waals surface area contributed by atoms with Crippen LogP contribution in [0.4, 0.5) is 5.69 Å². The van der Waals surface area contributed by atoms with Crippen molar-refractivity contribution in [2.24, 2.45) is 0 Å². The molecule has 26 heavy (non-hydrogen) atoms. The lowest BCUT2D eigenvalue weighted by Gasteiger charge is -2.12. The predicted octanol–water partition coefficient (Wildman–Crippen LogP) is 2.94. The Balaban J connectivity index is 2.27. The van der Waals surface area contributed by atoms with Crippen molar-refractivity contribution in [2.75, 3.05) is 20.8 Å². The number of carbonyl (C=O) groups excluding carboxylic acids is 1. The lowest BCUT2D eigenvalue weighted by atomic mass is 10.1. The molecule has 0 saturated carbocycles. The molecule has 0 aliphatic carbocycles. The molecule has 2 aromatic rings. The summed E-state index contributed by atoms with van der Waals surface area (Å²) >= 11 is 0. The molecule has 0 heterocycles. The zero-order chi connectivity index (χ0) is 19.1. The normalized spacial score (nSPS) is 10.1. The van der Waals surface area contributed by atoms with Crippen LogP contribution in [0.1, 0.15) is 22.8 Å². The highest BCUT2D eigenvalue weighted by atomic mass is 16.6. The van der Waals surface area contributed by atoms with E-state index in [9.17, 15) is 14.9 Å². The Hall–Kier alpha value is -3.29. The van der Waals surface area contributed by atoms with Gasteiger partial charge in [0, 0.05) is 12.6 Å². The Morgan fingerprint density at radius 1 is 1.15 bits per heavy atom. The van der Waals surface area contributed by atoms with Gasteiger partial charge in [-0.1, -0.05) is 12.1 Å². The van der Waals surface area contributed by atoms with Gasteiger partial charge in [0.25, 0.3) is 11.6 Å². The highest BCUT2D eigenvalue weighted by molar-refractivity contribution is 5.99. The molecule has 0 bridgehead atoms. The summed E-state index contributed by atoms with van der Waals surface area (Å²) in [6.07, 6.45) is 0. The fraction of sp³-hybridized carbons (Fsp3) is 0.278. The van der Waals surface area contributed by atoms with Gasteiger partial charge < -0.3 is 19.5 Å². The highest BCUT2D eigenvalue weighted by Crippen LogP contribution is 2.34. The second-order valence-electron chi connectivity index (χ2n) is 5.24. The summed E-state index contributed by atoms with van der Waals surface area (Å²) in [7, 11) is 2.95. The fourth-order valence-corrected chi connectivity index (χ4v) is 2.37. The summed E-state index contributed by atoms with van der Waals surface area (Å²) < 4.78 is 15.6. The van der Waals surface area contributed by atoms with Gasteiger partial charge in [0.1, 0.15) is 11.3 Å². The van der Waals surface area contributed by atoms with Gasteiger partial charge in [-0.25, -0.2) is 0 Å². The molecular formula is C18H20N2O6. The van der Waals surface area contributed by atoms with Crippen molar-refractivity contribution in [3.05, 3.63) is 57.6 Å². The van der Waals surface area contributed by atoms with E-state index >= 15 is 0 Å². The molecule has 0 unspecified atom stereocenters. The van der Waals surface area contributed by atoms with Crippen LogP contribution in [0.15, 0.2) is 36.4 Å². The van der Waals surface area contributed by atoms with E-state index in [4.69, 9.17) is 14.2 Å². The van der Waals surface area contributed by atoms with E-state index in [1.54, 1.807) is 32.2 Å². The standard InChI is InChI=1S/C18H20N2O6/c1-4-26-17-10-15(20(22)23)14(9-16(17)25-3)18(21)19-11-12-6-5-7-13(8-12)24-2/h5-10H,4,11H2,1-3H3,(H,19,21). The largest absolute Gasteiger partial charge is 0.497 e. The first-order valence-corrected chi connectivity index (χ1v) is 7.90. The third-order valence-electron chi connectivity index (χ3n) is 3.61. The summed E-state index contributed by atoms with van der Waals surface area (Å²) in [5, 5.41) is 14.0. The number of hydrogen-bond donors (Lipinski definition) is 1. The van der Waals surface area contributed by atoms with Crippen LogP contribution in [0, 0.1) is 10.1 Å². The Labute approximate surface area is 150 Å². The monoisotopic (exact) mass is 360 g/mol.